The van der Waals surface area contributed by atoms with Crippen molar-refractivity contribution in [3.8, 4) is 0 Å². The normalized spacial score (nSPS) is 29.8. The first-order valence-electron chi connectivity index (χ1n) is 10.2. The number of imide groups is 1. The molecule has 4 fully saturated rings. The summed E-state index contributed by atoms with van der Waals surface area (Å²) in [7, 11) is 0. The minimum Gasteiger partial charge on any atom is -0.340 e. The van der Waals surface area contributed by atoms with Crippen LogP contribution in [0.25, 0.3) is 0 Å². The van der Waals surface area contributed by atoms with Crippen LogP contribution in [0.4, 0.5) is 4.79 Å². The lowest BCUT2D eigenvalue weighted by Crippen LogP contribution is -2.54. The first-order chi connectivity index (χ1) is 13.0. The van der Waals surface area contributed by atoms with Gasteiger partial charge in [-0.25, -0.2) is 4.79 Å². The highest BCUT2D eigenvalue weighted by Crippen LogP contribution is 2.42. The number of amides is 5. The number of rotatable bonds is 3. The van der Waals surface area contributed by atoms with Crippen LogP contribution in [-0.2, 0) is 14.4 Å². The first kappa shape index (κ1) is 18.3. The van der Waals surface area contributed by atoms with Gasteiger partial charge < -0.3 is 14.7 Å². The summed E-state index contributed by atoms with van der Waals surface area (Å²) in [5, 5.41) is 2.19. The van der Waals surface area contributed by atoms with Crippen LogP contribution in [-0.4, -0.2) is 77.2 Å². The predicted octanol–water partition coefficient (Wildman–Crippen LogP) is 0.712. The molecule has 8 heteroatoms. The maximum Gasteiger partial charge on any atom is 0.325 e. The number of hydrogen-bond donors (Lipinski definition) is 1. The summed E-state index contributed by atoms with van der Waals surface area (Å²) in [6, 6.07) is -0.146. The summed E-state index contributed by atoms with van der Waals surface area (Å²) >= 11 is 0. The number of hydrogen-bond acceptors (Lipinski definition) is 4. The zero-order valence-corrected chi connectivity index (χ0v) is 15.7. The molecule has 3 saturated heterocycles. The van der Waals surface area contributed by atoms with Crippen molar-refractivity contribution in [3.05, 3.63) is 0 Å². The van der Waals surface area contributed by atoms with Gasteiger partial charge in [-0.1, -0.05) is 19.3 Å². The van der Waals surface area contributed by atoms with Gasteiger partial charge in [0.2, 0.25) is 17.7 Å². The Morgan fingerprint density at radius 1 is 1.04 bits per heavy atom. The highest BCUT2D eigenvalue weighted by molar-refractivity contribution is 6.03. The molecule has 0 aromatic rings. The van der Waals surface area contributed by atoms with Crippen LogP contribution in [0.1, 0.15) is 51.4 Å². The Balaban J connectivity index is 1.39. The van der Waals surface area contributed by atoms with E-state index in [2.05, 4.69) is 10.2 Å². The predicted molar refractivity (Wildman–Crippen MR) is 96.6 cm³/mol. The van der Waals surface area contributed by atoms with Crippen LogP contribution in [0.3, 0.4) is 0 Å². The molecule has 1 atom stereocenters. The van der Waals surface area contributed by atoms with Crippen molar-refractivity contribution < 1.29 is 19.2 Å². The number of nitrogens with one attached hydrogen (secondary N) is 1. The van der Waals surface area contributed by atoms with E-state index in [1.165, 1.54) is 24.2 Å². The number of carbonyl (C=O) groups excluding carboxylic acids is 4. The molecule has 3 heterocycles. The maximum absolute atomic E-state index is 13.3. The van der Waals surface area contributed by atoms with E-state index in [0.29, 0.717) is 25.6 Å². The Kier molecular flexibility index (Phi) is 4.82. The second-order valence-corrected chi connectivity index (χ2v) is 8.45. The summed E-state index contributed by atoms with van der Waals surface area (Å²) in [4.78, 5) is 54.0. The quantitative estimate of drug-likeness (QED) is 0.735. The number of urea groups is 1. The van der Waals surface area contributed by atoms with Crippen molar-refractivity contribution in [2.45, 2.75) is 57.4 Å². The average molecular weight is 376 g/mol. The van der Waals surface area contributed by atoms with Crippen LogP contribution < -0.4 is 5.32 Å². The Morgan fingerprint density at radius 2 is 1.81 bits per heavy atom. The third-order valence-corrected chi connectivity index (χ3v) is 6.69. The molecule has 5 amide bonds. The van der Waals surface area contributed by atoms with Crippen molar-refractivity contribution in [2.24, 2.45) is 5.41 Å². The van der Waals surface area contributed by atoms with Crippen LogP contribution in [0.2, 0.25) is 0 Å². The Bertz CT molecular complexity index is 660. The number of carbonyl (C=O) groups is 4. The monoisotopic (exact) mass is 376 g/mol. The van der Waals surface area contributed by atoms with Crippen LogP contribution in [0.15, 0.2) is 0 Å². The highest BCUT2D eigenvalue weighted by atomic mass is 16.2. The lowest BCUT2D eigenvalue weighted by atomic mass is 9.77. The van der Waals surface area contributed by atoms with E-state index in [1.54, 1.807) is 4.90 Å². The molecule has 4 rings (SSSR count). The molecular formula is C19H28N4O4. The summed E-state index contributed by atoms with van der Waals surface area (Å²) in [6.45, 7) is 1.66. The van der Waals surface area contributed by atoms with Gasteiger partial charge in [0.25, 0.3) is 0 Å². The molecule has 148 valence electrons. The van der Waals surface area contributed by atoms with Gasteiger partial charge in [0.15, 0.2) is 0 Å². The zero-order chi connectivity index (χ0) is 19.0. The van der Waals surface area contributed by atoms with Gasteiger partial charge in [-0.05, 0) is 32.1 Å². The van der Waals surface area contributed by atoms with Gasteiger partial charge in [-0.3, -0.25) is 19.7 Å². The number of likely N-dealkylation sites (tertiary alicyclic amines) is 2. The minimum absolute atomic E-state index is 0.0715. The van der Waals surface area contributed by atoms with E-state index in [-0.39, 0.29) is 30.8 Å². The fourth-order valence-corrected chi connectivity index (χ4v) is 5.18. The molecule has 0 aromatic carbocycles. The standard InChI is InChI=1S/C19H28N4O4/c24-15-11-22(18(27)20-15)12-16(25)21-10-8-19(13-21)7-4-9-23(17(19)26)14-5-2-1-3-6-14/h14H,1-13H2,(H,20,24,27)/t19-/m0/s1. The van der Waals surface area contributed by atoms with Crippen LogP contribution in [0, 0.1) is 5.41 Å². The molecule has 8 nitrogen and oxygen atoms in total. The molecule has 3 aliphatic heterocycles. The van der Waals surface area contributed by atoms with Crippen molar-refractivity contribution >= 4 is 23.8 Å². The molecule has 0 radical (unpaired) electrons. The Hall–Kier alpha value is -2.12. The number of piperidine rings is 1. The van der Waals surface area contributed by atoms with Crippen molar-refractivity contribution in [2.75, 3.05) is 32.7 Å². The topological polar surface area (TPSA) is 90.0 Å². The van der Waals surface area contributed by atoms with Crippen molar-refractivity contribution in [3.63, 3.8) is 0 Å². The molecule has 27 heavy (non-hydrogen) atoms. The fraction of sp³-hybridized carbons (Fsp3) is 0.789. The molecular weight excluding hydrogens is 348 g/mol. The molecule has 1 N–H and O–H groups in total. The largest absolute Gasteiger partial charge is 0.340 e. The second kappa shape index (κ2) is 7.13. The molecule has 1 spiro atoms. The Morgan fingerprint density at radius 3 is 2.52 bits per heavy atom. The second-order valence-electron chi connectivity index (χ2n) is 8.45. The average Bonchev–Trinajstić information content (AvgIpc) is 3.22. The van der Waals surface area contributed by atoms with Gasteiger partial charge in [-0.2, -0.15) is 0 Å². The lowest BCUT2D eigenvalue weighted by Gasteiger charge is -2.44. The van der Waals surface area contributed by atoms with Crippen molar-refractivity contribution in [1.82, 2.24) is 20.0 Å². The summed E-state index contributed by atoms with van der Waals surface area (Å²) < 4.78 is 0. The number of nitrogens with zero attached hydrogens (tertiary/aromatic N) is 3. The first-order valence-corrected chi connectivity index (χ1v) is 10.2. The fourth-order valence-electron chi connectivity index (χ4n) is 5.18. The summed E-state index contributed by atoms with van der Waals surface area (Å²) in [6.07, 6.45) is 8.38. The van der Waals surface area contributed by atoms with Gasteiger partial charge in [0.1, 0.15) is 13.1 Å². The third-order valence-electron chi connectivity index (χ3n) is 6.69. The molecule has 0 unspecified atom stereocenters. The van der Waals surface area contributed by atoms with Crippen LogP contribution in [0.5, 0.6) is 0 Å². The zero-order valence-electron chi connectivity index (χ0n) is 15.7. The molecule has 0 bridgehead atoms. The van der Waals surface area contributed by atoms with E-state index in [9.17, 15) is 19.2 Å². The van der Waals surface area contributed by atoms with E-state index in [4.69, 9.17) is 0 Å². The van der Waals surface area contributed by atoms with Gasteiger partial charge >= 0.3 is 6.03 Å². The SMILES string of the molecule is O=C1CN(CC(=O)N2CC[C@@]3(CCCN(C4CCCCC4)C3=O)C2)C(=O)N1. The highest BCUT2D eigenvalue weighted by Gasteiger charge is 2.50. The van der Waals surface area contributed by atoms with Crippen molar-refractivity contribution in [1.29, 1.82) is 0 Å². The summed E-state index contributed by atoms with van der Waals surface area (Å²) in [5.41, 5.74) is -0.450. The van der Waals surface area contributed by atoms with E-state index < -0.39 is 11.4 Å². The molecule has 4 aliphatic rings. The molecule has 1 saturated carbocycles. The van der Waals surface area contributed by atoms with Gasteiger partial charge in [0.05, 0.1) is 5.41 Å². The lowest BCUT2D eigenvalue weighted by molar-refractivity contribution is -0.149. The maximum atomic E-state index is 13.3. The smallest absolute Gasteiger partial charge is 0.325 e. The van der Waals surface area contributed by atoms with Gasteiger partial charge in [0, 0.05) is 25.7 Å². The molecule has 0 aromatic heterocycles. The Labute approximate surface area is 159 Å². The van der Waals surface area contributed by atoms with E-state index in [1.807, 2.05) is 0 Å². The van der Waals surface area contributed by atoms with Crippen LogP contribution >= 0.6 is 0 Å². The summed E-state index contributed by atoms with van der Waals surface area (Å²) in [5.74, 6) is -0.333. The third kappa shape index (κ3) is 3.41. The minimum atomic E-state index is -0.514. The van der Waals surface area contributed by atoms with Gasteiger partial charge in [-0.15, -0.1) is 0 Å². The van der Waals surface area contributed by atoms with E-state index in [0.717, 1.165) is 32.2 Å². The van der Waals surface area contributed by atoms with E-state index >= 15 is 0 Å². The molecule has 1 aliphatic carbocycles.